The van der Waals surface area contributed by atoms with E-state index in [0.29, 0.717) is 11.5 Å². The number of aryl methyl sites for hydroxylation is 2. The van der Waals surface area contributed by atoms with Crippen molar-refractivity contribution in [3.8, 4) is 10.4 Å². The van der Waals surface area contributed by atoms with Gasteiger partial charge in [-0.1, -0.05) is 31.2 Å². The molecule has 7 heteroatoms. The van der Waals surface area contributed by atoms with Crippen molar-refractivity contribution in [3.05, 3.63) is 74.6 Å². The van der Waals surface area contributed by atoms with Crippen molar-refractivity contribution in [2.45, 2.75) is 51.6 Å². The SMILES string of the molecule is Cc1nc(N[C@H](C)c2ccc(-c3ccccc3CN(C)C)s2)c2cc(C3(C)CC3)c(=O)n(C)c2n1. The molecule has 3 aromatic heterocycles. The van der Waals surface area contributed by atoms with Gasteiger partial charge in [0.1, 0.15) is 17.3 Å². The average Bonchev–Trinajstić information content (AvgIpc) is 3.36. The third kappa shape index (κ3) is 4.50. The van der Waals surface area contributed by atoms with Crippen molar-refractivity contribution in [1.82, 2.24) is 19.4 Å². The summed E-state index contributed by atoms with van der Waals surface area (Å²) in [5.74, 6) is 1.43. The van der Waals surface area contributed by atoms with E-state index in [-0.39, 0.29) is 17.0 Å². The lowest BCUT2D eigenvalue weighted by molar-refractivity contribution is 0.403. The summed E-state index contributed by atoms with van der Waals surface area (Å²) in [5.41, 5.74) is 4.17. The minimum absolute atomic E-state index is 0.0284. The molecule has 1 aliphatic carbocycles. The fraction of sp³-hybridized carbons (Fsp3) is 0.393. The van der Waals surface area contributed by atoms with Crippen molar-refractivity contribution in [2.75, 3.05) is 19.4 Å². The molecule has 0 spiro atoms. The van der Waals surface area contributed by atoms with Gasteiger partial charge in [-0.2, -0.15) is 0 Å². The highest BCUT2D eigenvalue weighted by atomic mass is 32.1. The number of rotatable bonds is 7. The summed E-state index contributed by atoms with van der Waals surface area (Å²) in [7, 11) is 6.01. The largest absolute Gasteiger partial charge is 0.362 e. The number of fused-ring (bicyclic) bond motifs is 1. The summed E-state index contributed by atoms with van der Waals surface area (Å²) in [6, 6.07) is 15.1. The zero-order valence-electron chi connectivity index (χ0n) is 21.3. The van der Waals surface area contributed by atoms with E-state index in [4.69, 9.17) is 4.98 Å². The first-order valence-corrected chi connectivity index (χ1v) is 13.0. The van der Waals surface area contributed by atoms with Crippen LogP contribution in [0.1, 0.15) is 54.6 Å². The molecule has 0 aliphatic heterocycles. The minimum atomic E-state index is -0.0284. The van der Waals surface area contributed by atoms with Crippen LogP contribution >= 0.6 is 11.3 Å². The molecule has 6 nitrogen and oxygen atoms in total. The van der Waals surface area contributed by atoms with Crippen molar-refractivity contribution in [1.29, 1.82) is 0 Å². The second kappa shape index (κ2) is 8.88. The summed E-state index contributed by atoms with van der Waals surface area (Å²) < 4.78 is 1.68. The molecule has 0 amide bonds. The Morgan fingerprint density at radius 3 is 2.63 bits per heavy atom. The molecular weight excluding hydrogens is 454 g/mol. The first-order chi connectivity index (χ1) is 16.7. The molecule has 0 saturated heterocycles. The van der Waals surface area contributed by atoms with E-state index in [1.807, 2.05) is 31.4 Å². The molecular formula is C28H33N5OS. The summed E-state index contributed by atoms with van der Waals surface area (Å²) in [6.45, 7) is 7.11. The van der Waals surface area contributed by atoms with Crippen LogP contribution in [0.4, 0.5) is 5.82 Å². The third-order valence-corrected chi connectivity index (χ3v) is 8.31. The number of nitrogens with zero attached hydrogens (tertiary/aromatic N) is 4. The van der Waals surface area contributed by atoms with Gasteiger partial charge < -0.3 is 10.2 Å². The van der Waals surface area contributed by atoms with E-state index < -0.39 is 0 Å². The van der Waals surface area contributed by atoms with Crippen molar-refractivity contribution >= 4 is 28.2 Å². The number of benzene rings is 1. The third-order valence-electron chi connectivity index (χ3n) is 7.01. The van der Waals surface area contributed by atoms with Crippen LogP contribution in [0.5, 0.6) is 0 Å². The first kappa shape index (κ1) is 23.7. The van der Waals surface area contributed by atoms with Gasteiger partial charge in [-0.25, -0.2) is 9.97 Å². The second-order valence-corrected chi connectivity index (χ2v) is 11.4. The van der Waals surface area contributed by atoms with Gasteiger partial charge in [-0.15, -0.1) is 11.3 Å². The van der Waals surface area contributed by atoms with E-state index in [9.17, 15) is 4.79 Å². The fourth-order valence-corrected chi connectivity index (χ4v) is 5.75. The molecule has 1 aliphatic rings. The molecule has 1 fully saturated rings. The maximum absolute atomic E-state index is 13.0. The molecule has 182 valence electrons. The molecule has 3 heterocycles. The Labute approximate surface area is 210 Å². The highest BCUT2D eigenvalue weighted by Crippen LogP contribution is 2.47. The summed E-state index contributed by atoms with van der Waals surface area (Å²) >= 11 is 1.81. The van der Waals surface area contributed by atoms with Gasteiger partial charge in [0.15, 0.2) is 0 Å². The Balaban J connectivity index is 1.50. The van der Waals surface area contributed by atoms with Crippen LogP contribution < -0.4 is 10.9 Å². The number of aromatic nitrogens is 3. The number of pyridine rings is 1. The monoisotopic (exact) mass is 487 g/mol. The van der Waals surface area contributed by atoms with E-state index in [1.165, 1.54) is 20.9 Å². The minimum Gasteiger partial charge on any atom is -0.362 e. The molecule has 0 radical (unpaired) electrons. The van der Waals surface area contributed by atoms with Crippen LogP contribution in [0.3, 0.4) is 0 Å². The van der Waals surface area contributed by atoms with Gasteiger partial charge in [0.05, 0.1) is 11.4 Å². The average molecular weight is 488 g/mol. The second-order valence-electron chi connectivity index (χ2n) is 10.3. The van der Waals surface area contributed by atoms with E-state index in [0.717, 1.165) is 36.2 Å². The van der Waals surface area contributed by atoms with Gasteiger partial charge in [0.2, 0.25) is 0 Å². The predicted molar refractivity (Wildman–Crippen MR) is 145 cm³/mol. The summed E-state index contributed by atoms with van der Waals surface area (Å²) in [4.78, 5) is 27.1. The van der Waals surface area contributed by atoms with Crippen molar-refractivity contribution < 1.29 is 0 Å². The van der Waals surface area contributed by atoms with Gasteiger partial charge in [-0.3, -0.25) is 9.36 Å². The maximum Gasteiger partial charge on any atom is 0.255 e. The number of hydrogen-bond acceptors (Lipinski definition) is 6. The van der Waals surface area contributed by atoms with Gasteiger partial charge in [0, 0.05) is 28.9 Å². The highest BCUT2D eigenvalue weighted by Gasteiger charge is 2.41. The van der Waals surface area contributed by atoms with Gasteiger partial charge in [0.25, 0.3) is 5.56 Å². The maximum atomic E-state index is 13.0. The van der Waals surface area contributed by atoms with Crippen LogP contribution in [0, 0.1) is 6.92 Å². The zero-order valence-corrected chi connectivity index (χ0v) is 22.2. The Morgan fingerprint density at radius 2 is 1.91 bits per heavy atom. The molecule has 1 N–H and O–H groups in total. The fourth-order valence-electron chi connectivity index (χ4n) is 4.68. The standard InChI is InChI=1S/C28H33N5OS/c1-17(23-11-12-24(35-23)20-10-8-7-9-19(20)16-32(4)5)29-25-21-15-22(28(3)13-14-28)27(34)33(6)26(21)31-18(2)30-25/h7-12,15,17H,13-14,16H2,1-6H3,(H,29,30,31)/t17-/m1/s1. The van der Waals surface area contributed by atoms with E-state index in [1.54, 1.807) is 4.57 Å². The summed E-state index contributed by atoms with van der Waals surface area (Å²) in [5, 5.41) is 4.54. The molecule has 1 aromatic carbocycles. The topological polar surface area (TPSA) is 63.1 Å². The molecule has 5 rings (SSSR count). The lowest BCUT2D eigenvalue weighted by Gasteiger charge is -2.18. The number of hydrogen-bond donors (Lipinski definition) is 1. The Kier molecular flexibility index (Phi) is 6.01. The van der Waals surface area contributed by atoms with E-state index in [2.05, 4.69) is 79.5 Å². The molecule has 0 unspecified atom stereocenters. The molecule has 4 aromatic rings. The Hall–Kier alpha value is -3.03. The molecule has 0 bridgehead atoms. The van der Waals surface area contributed by atoms with Gasteiger partial charge >= 0.3 is 0 Å². The number of nitrogens with one attached hydrogen (secondary N) is 1. The Morgan fingerprint density at radius 1 is 1.17 bits per heavy atom. The molecule has 1 atom stereocenters. The lowest BCUT2D eigenvalue weighted by Crippen LogP contribution is -2.26. The van der Waals surface area contributed by atoms with Crippen LogP contribution in [0.25, 0.3) is 21.5 Å². The molecule has 1 saturated carbocycles. The highest BCUT2D eigenvalue weighted by molar-refractivity contribution is 7.15. The Bertz CT molecular complexity index is 1460. The number of anilines is 1. The van der Waals surface area contributed by atoms with Crippen LogP contribution in [-0.4, -0.2) is 33.5 Å². The normalized spacial score (nSPS) is 15.5. The first-order valence-electron chi connectivity index (χ1n) is 12.1. The van der Waals surface area contributed by atoms with Crippen LogP contribution in [0.15, 0.2) is 47.3 Å². The van der Waals surface area contributed by atoms with Crippen LogP contribution in [0.2, 0.25) is 0 Å². The molecule has 35 heavy (non-hydrogen) atoms. The number of thiophene rings is 1. The smallest absolute Gasteiger partial charge is 0.255 e. The van der Waals surface area contributed by atoms with Crippen LogP contribution in [-0.2, 0) is 19.0 Å². The predicted octanol–water partition coefficient (Wildman–Crippen LogP) is 5.65. The van der Waals surface area contributed by atoms with Gasteiger partial charge in [-0.05, 0) is 75.5 Å². The van der Waals surface area contributed by atoms with Crippen molar-refractivity contribution in [3.63, 3.8) is 0 Å². The lowest BCUT2D eigenvalue weighted by atomic mass is 9.99. The van der Waals surface area contributed by atoms with E-state index >= 15 is 0 Å². The summed E-state index contributed by atoms with van der Waals surface area (Å²) in [6.07, 6.45) is 2.10. The zero-order chi connectivity index (χ0) is 24.9. The van der Waals surface area contributed by atoms with Crippen molar-refractivity contribution in [2.24, 2.45) is 7.05 Å². The quantitative estimate of drug-likeness (QED) is 0.365.